The van der Waals surface area contributed by atoms with Crippen LogP contribution in [-0.2, 0) is 4.79 Å². The number of aldehydes is 1. The third kappa shape index (κ3) is 11.4. The average molecular weight is 370 g/mol. The van der Waals surface area contributed by atoms with Gasteiger partial charge in [-0.25, -0.2) is 5.43 Å². The molecule has 0 aromatic heterocycles. The molecule has 1 aliphatic heterocycles. The first-order chi connectivity index (χ1) is 12.7. The van der Waals surface area contributed by atoms with Crippen molar-refractivity contribution in [3.8, 4) is 0 Å². The van der Waals surface area contributed by atoms with Gasteiger partial charge in [0.25, 0.3) is 0 Å². The van der Waals surface area contributed by atoms with Crippen LogP contribution in [0.5, 0.6) is 0 Å². The van der Waals surface area contributed by atoms with Crippen molar-refractivity contribution in [2.75, 3.05) is 52.4 Å². The van der Waals surface area contributed by atoms with Gasteiger partial charge in [0.2, 0.25) is 0 Å². The molecule has 0 saturated carbocycles. The molecule has 1 saturated heterocycles. The maximum atomic E-state index is 11.1. The Balaban J connectivity index is 1.99. The van der Waals surface area contributed by atoms with Crippen LogP contribution in [-0.4, -0.2) is 80.4 Å². The summed E-state index contributed by atoms with van der Waals surface area (Å²) in [5.74, 6) is 0.0977. The molecule has 1 fully saturated rings. The van der Waals surface area contributed by atoms with Crippen LogP contribution >= 0.6 is 0 Å². The van der Waals surface area contributed by atoms with E-state index in [0.717, 1.165) is 32.2 Å². The second-order valence-corrected chi connectivity index (χ2v) is 7.01. The first kappa shape index (κ1) is 22.8. The summed E-state index contributed by atoms with van der Waals surface area (Å²) in [6, 6.07) is -0.198. The van der Waals surface area contributed by atoms with Crippen molar-refractivity contribution in [3.63, 3.8) is 0 Å². The number of piperazine rings is 1. The largest absolute Gasteiger partial charge is 0.370 e. The predicted molar refractivity (Wildman–Crippen MR) is 108 cm³/mol. The Kier molecular flexibility index (Phi) is 13.1. The highest BCUT2D eigenvalue weighted by molar-refractivity contribution is 5.75. The lowest BCUT2D eigenvalue weighted by Gasteiger charge is -2.34. The van der Waals surface area contributed by atoms with E-state index in [0.29, 0.717) is 13.0 Å². The van der Waals surface area contributed by atoms with Crippen LogP contribution in [0.15, 0.2) is 4.99 Å². The molecular formula is C18H39N7O. The molecule has 0 unspecified atom stereocenters. The summed E-state index contributed by atoms with van der Waals surface area (Å²) in [6.45, 7) is 10.7. The number of unbranched alkanes of at least 4 members (excludes halogenated alkanes) is 2. The topological polar surface area (TPSA) is 112 Å². The van der Waals surface area contributed by atoms with Gasteiger partial charge >= 0.3 is 0 Å². The molecule has 0 aromatic rings. The van der Waals surface area contributed by atoms with Gasteiger partial charge in [0.15, 0.2) is 5.96 Å². The zero-order valence-electron chi connectivity index (χ0n) is 16.5. The standard InChI is InChI=1S/C18H39N7O/c1-2-3-4-10-24-12-14-25(15-13-24)11-6-9-22-23-17(16-26)7-5-8-21-18(19)20/h16-17,22-23H,2-15H2,1H3,(H4,19,20,21)/t17-/m0/s1. The highest BCUT2D eigenvalue weighted by Crippen LogP contribution is 2.05. The second-order valence-electron chi connectivity index (χ2n) is 7.01. The highest BCUT2D eigenvalue weighted by atomic mass is 16.1. The van der Waals surface area contributed by atoms with Crippen LogP contribution in [0.2, 0.25) is 0 Å². The first-order valence-corrected chi connectivity index (χ1v) is 10.1. The molecule has 1 atom stereocenters. The maximum Gasteiger partial charge on any atom is 0.185 e. The monoisotopic (exact) mass is 369 g/mol. The van der Waals surface area contributed by atoms with E-state index < -0.39 is 0 Å². The molecule has 0 bridgehead atoms. The van der Waals surface area contributed by atoms with Gasteiger partial charge in [-0.3, -0.25) is 10.4 Å². The molecule has 0 amide bonds. The van der Waals surface area contributed by atoms with Gasteiger partial charge in [0.1, 0.15) is 6.29 Å². The lowest BCUT2D eigenvalue weighted by Crippen LogP contribution is -2.47. The van der Waals surface area contributed by atoms with Gasteiger partial charge in [-0.05, 0) is 38.8 Å². The number of aliphatic imine (C=N–C) groups is 1. The van der Waals surface area contributed by atoms with Crippen LogP contribution in [0.4, 0.5) is 0 Å². The van der Waals surface area contributed by atoms with E-state index in [9.17, 15) is 4.79 Å². The Morgan fingerprint density at radius 1 is 1.08 bits per heavy atom. The molecule has 8 nitrogen and oxygen atoms in total. The normalized spacial score (nSPS) is 17.1. The smallest absolute Gasteiger partial charge is 0.185 e. The molecular weight excluding hydrogens is 330 g/mol. The van der Waals surface area contributed by atoms with E-state index in [2.05, 4.69) is 32.6 Å². The minimum Gasteiger partial charge on any atom is -0.370 e. The van der Waals surface area contributed by atoms with E-state index in [4.69, 9.17) is 11.5 Å². The van der Waals surface area contributed by atoms with E-state index in [1.54, 1.807) is 0 Å². The molecule has 8 heteroatoms. The minimum atomic E-state index is -0.198. The highest BCUT2D eigenvalue weighted by Gasteiger charge is 2.15. The van der Waals surface area contributed by atoms with Gasteiger partial charge in [-0.15, -0.1) is 0 Å². The van der Waals surface area contributed by atoms with E-state index in [1.165, 1.54) is 52.0 Å². The van der Waals surface area contributed by atoms with Crippen LogP contribution in [0.3, 0.4) is 0 Å². The number of carbonyl (C=O) groups excluding carboxylic acids is 1. The molecule has 1 rings (SSSR count). The summed E-state index contributed by atoms with van der Waals surface area (Å²) >= 11 is 0. The average Bonchev–Trinajstić information content (AvgIpc) is 2.64. The molecule has 0 aliphatic carbocycles. The number of nitrogens with two attached hydrogens (primary N) is 2. The third-order valence-electron chi connectivity index (χ3n) is 4.74. The molecule has 1 aliphatic rings. The number of carbonyl (C=O) groups is 1. The molecule has 1 heterocycles. The van der Waals surface area contributed by atoms with Crippen molar-refractivity contribution in [2.45, 2.75) is 51.5 Å². The fourth-order valence-corrected chi connectivity index (χ4v) is 3.11. The number of nitrogens with one attached hydrogen (secondary N) is 2. The summed E-state index contributed by atoms with van der Waals surface area (Å²) < 4.78 is 0. The van der Waals surface area contributed by atoms with Crippen molar-refractivity contribution < 1.29 is 4.79 Å². The van der Waals surface area contributed by atoms with Gasteiger partial charge in [-0.2, -0.15) is 0 Å². The maximum absolute atomic E-state index is 11.1. The zero-order chi connectivity index (χ0) is 19.0. The molecule has 152 valence electrons. The molecule has 26 heavy (non-hydrogen) atoms. The predicted octanol–water partition coefficient (Wildman–Crippen LogP) is -0.100. The summed E-state index contributed by atoms with van der Waals surface area (Å²) in [7, 11) is 0. The fraction of sp³-hybridized carbons (Fsp3) is 0.889. The van der Waals surface area contributed by atoms with Gasteiger partial charge in [0.05, 0.1) is 6.04 Å². The van der Waals surface area contributed by atoms with Gasteiger partial charge < -0.3 is 26.1 Å². The van der Waals surface area contributed by atoms with Crippen molar-refractivity contribution in [3.05, 3.63) is 0 Å². The molecule has 0 radical (unpaired) electrons. The Bertz CT molecular complexity index is 380. The Labute approximate surface area is 158 Å². The number of guanidine groups is 1. The lowest BCUT2D eigenvalue weighted by atomic mass is 10.2. The lowest BCUT2D eigenvalue weighted by molar-refractivity contribution is -0.110. The minimum absolute atomic E-state index is 0.0977. The number of rotatable bonds is 15. The molecule has 6 N–H and O–H groups in total. The van der Waals surface area contributed by atoms with Crippen LogP contribution < -0.4 is 22.3 Å². The molecule has 0 aromatic carbocycles. The first-order valence-electron chi connectivity index (χ1n) is 10.1. The Morgan fingerprint density at radius 2 is 1.73 bits per heavy atom. The fourth-order valence-electron chi connectivity index (χ4n) is 3.11. The summed E-state index contributed by atoms with van der Waals surface area (Å²) in [6.07, 6.45) is 7.46. The summed E-state index contributed by atoms with van der Waals surface area (Å²) in [4.78, 5) is 20.1. The van der Waals surface area contributed by atoms with Crippen molar-refractivity contribution in [1.29, 1.82) is 0 Å². The third-order valence-corrected chi connectivity index (χ3v) is 4.74. The SMILES string of the molecule is CCCCCN1CCN(CCCNN[C@H](C=O)CCCN=C(N)N)CC1. The quantitative estimate of drug-likeness (QED) is 0.105. The Morgan fingerprint density at radius 3 is 2.31 bits per heavy atom. The van der Waals surface area contributed by atoms with Gasteiger partial charge in [-0.1, -0.05) is 19.8 Å². The van der Waals surface area contributed by atoms with Crippen LogP contribution in [0.1, 0.15) is 45.4 Å². The van der Waals surface area contributed by atoms with Crippen LogP contribution in [0.25, 0.3) is 0 Å². The summed E-state index contributed by atoms with van der Waals surface area (Å²) in [5, 5.41) is 0. The van der Waals surface area contributed by atoms with Crippen molar-refractivity contribution in [2.24, 2.45) is 16.5 Å². The zero-order valence-corrected chi connectivity index (χ0v) is 16.5. The Hall–Kier alpha value is -1.22. The van der Waals surface area contributed by atoms with Crippen molar-refractivity contribution in [1.82, 2.24) is 20.7 Å². The number of nitrogens with zero attached hydrogens (tertiary/aromatic N) is 3. The number of hydrogen-bond donors (Lipinski definition) is 4. The number of hydrazine groups is 1. The van der Waals surface area contributed by atoms with Gasteiger partial charge in [0, 0.05) is 39.3 Å². The second kappa shape index (κ2) is 14.9. The molecule has 0 spiro atoms. The summed E-state index contributed by atoms with van der Waals surface area (Å²) in [5.41, 5.74) is 16.8. The van der Waals surface area contributed by atoms with E-state index >= 15 is 0 Å². The van der Waals surface area contributed by atoms with E-state index in [-0.39, 0.29) is 12.0 Å². The number of hydrogen-bond acceptors (Lipinski definition) is 6. The van der Waals surface area contributed by atoms with Crippen LogP contribution in [0, 0.1) is 0 Å². The van der Waals surface area contributed by atoms with Crippen molar-refractivity contribution >= 4 is 12.2 Å². The van der Waals surface area contributed by atoms with E-state index in [1.807, 2.05) is 0 Å².